The van der Waals surface area contributed by atoms with Crippen LogP contribution in [0.25, 0.3) is 0 Å². The van der Waals surface area contributed by atoms with E-state index in [4.69, 9.17) is 15.9 Å². The Morgan fingerprint density at radius 2 is 1.94 bits per heavy atom. The van der Waals surface area contributed by atoms with Gasteiger partial charge in [-0.3, -0.25) is 10.3 Å². The molecule has 1 aliphatic heterocycles. The van der Waals surface area contributed by atoms with Crippen LogP contribution in [0.15, 0.2) is 0 Å². The first kappa shape index (κ1) is 11.9. The summed E-state index contributed by atoms with van der Waals surface area (Å²) in [6, 6.07) is 0.780. The first-order valence-corrected chi connectivity index (χ1v) is 6.40. The fraction of sp³-hybridized carbons (Fsp3) is 0.917. The Hall–Kier alpha value is -0.610. The van der Waals surface area contributed by atoms with Crippen molar-refractivity contribution in [3.8, 4) is 0 Å². The molecule has 2 aliphatic rings. The lowest BCUT2D eigenvalue weighted by Crippen LogP contribution is -2.36. The molecule has 1 saturated heterocycles. The highest BCUT2D eigenvalue weighted by atomic mass is 16.5. The number of hydrogen-bond donors (Lipinski definition) is 2. The van der Waals surface area contributed by atoms with Crippen LogP contribution in [0.2, 0.25) is 0 Å². The lowest BCUT2D eigenvalue weighted by atomic mass is 9.99. The van der Waals surface area contributed by atoms with E-state index in [1.165, 1.54) is 32.2 Å². The van der Waals surface area contributed by atoms with Crippen molar-refractivity contribution in [1.29, 1.82) is 5.41 Å². The van der Waals surface area contributed by atoms with Crippen LogP contribution in [0.5, 0.6) is 0 Å². The average Bonchev–Trinajstić information content (AvgIpc) is 3.09. The van der Waals surface area contributed by atoms with Crippen LogP contribution in [-0.4, -0.2) is 43.1 Å². The molecule has 2 rings (SSSR count). The molecule has 16 heavy (non-hydrogen) atoms. The van der Waals surface area contributed by atoms with Gasteiger partial charge in [0.05, 0.1) is 5.84 Å². The Morgan fingerprint density at radius 1 is 1.25 bits per heavy atom. The van der Waals surface area contributed by atoms with E-state index in [-0.39, 0.29) is 0 Å². The molecule has 1 saturated carbocycles. The minimum Gasteiger partial charge on any atom is -0.388 e. The number of rotatable bonds is 6. The number of amidine groups is 1. The molecule has 1 aliphatic carbocycles. The second kappa shape index (κ2) is 5.64. The fourth-order valence-corrected chi connectivity index (χ4v) is 2.39. The highest BCUT2D eigenvalue weighted by Gasteiger charge is 2.30. The van der Waals surface area contributed by atoms with E-state index in [2.05, 4.69) is 4.90 Å². The van der Waals surface area contributed by atoms with Gasteiger partial charge in [0.1, 0.15) is 0 Å². The topological polar surface area (TPSA) is 62.3 Å². The lowest BCUT2D eigenvalue weighted by molar-refractivity contribution is 0.0517. The Morgan fingerprint density at radius 3 is 2.50 bits per heavy atom. The summed E-state index contributed by atoms with van der Waals surface area (Å²) in [6.45, 7) is 4.00. The van der Waals surface area contributed by atoms with Crippen LogP contribution < -0.4 is 5.73 Å². The van der Waals surface area contributed by atoms with Crippen molar-refractivity contribution in [2.24, 2.45) is 11.7 Å². The lowest BCUT2D eigenvalue weighted by Gasteiger charge is -2.29. The molecule has 0 bridgehead atoms. The molecular weight excluding hydrogens is 202 g/mol. The van der Waals surface area contributed by atoms with Gasteiger partial charge in [-0.05, 0) is 31.6 Å². The van der Waals surface area contributed by atoms with Crippen LogP contribution in [0.1, 0.15) is 32.1 Å². The molecule has 0 aromatic rings. The van der Waals surface area contributed by atoms with E-state index in [0.717, 1.165) is 38.1 Å². The van der Waals surface area contributed by atoms with Gasteiger partial charge in [0.2, 0.25) is 0 Å². The van der Waals surface area contributed by atoms with Gasteiger partial charge in [-0.2, -0.15) is 0 Å². The van der Waals surface area contributed by atoms with Gasteiger partial charge in [0, 0.05) is 38.8 Å². The Balaban J connectivity index is 1.75. The van der Waals surface area contributed by atoms with Gasteiger partial charge in [0.25, 0.3) is 0 Å². The van der Waals surface area contributed by atoms with Crippen molar-refractivity contribution in [2.45, 2.75) is 38.1 Å². The third kappa shape index (κ3) is 3.76. The van der Waals surface area contributed by atoms with Crippen molar-refractivity contribution in [3.05, 3.63) is 0 Å². The molecule has 1 heterocycles. The Bertz CT molecular complexity index is 234. The molecule has 0 amide bonds. The van der Waals surface area contributed by atoms with Gasteiger partial charge >= 0.3 is 0 Å². The highest BCUT2D eigenvalue weighted by molar-refractivity contribution is 5.76. The second-order valence-electron chi connectivity index (χ2n) is 5.06. The zero-order valence-electron chi connectivity index (χ0n) is 9.95. The van der Waals surface area contributed by atoms with Crippen LogP contribution in [0.3, 0.4) is 0 Å². The normalized spacial score (nSPS) is 22.6. The van der Waals surface area contributed by atoms with Crippen LogP contribution in [0, 0.1) is 11.3 Å². The van der Waals surface area contributed by atoms with Crippen LogP contribution >= 0.6 is 0 Å². The summed E-state index contributed by atoms with van der Waals surface area (Å²) in [4.78, 5) is 2.54. The molecule has 92 valence electrons. The third-order valence-electron chi connectivity index (χ3n) is 3.57. The maximum atomic E-state index is 7.30. The standard InChI is InChI=1S/C12H23N3O/c13-12(14)3-6-15(11-1-2-11)9-10-4-7-16-8-5-10/h10-11H,1-9H2,(H3,13,14). The van der Waals surface area contributed by atoms with Crippen molar-refractivity contribution >= 4 is 5.84 Å². The predicted molar refractivity (Wildman–Crippen MR) is 64.7 cm³/mol. The maximum absolute atomic E-state index is 7.30. The fourth-order valence-electron chi connectivity index (χ4n) is 2.39. The van der Waals surface area contributed by atoms with Gasteiger partial charge in [-0.15, -0.1) is 0 Å². The Labute approximate surface area is 97.6 Å². The number of nitrogens with one attached hydrogen (secondary N) is 1. The Kier molecular flexibility index (Phi) is 4.18. The summed E-state index contributed by atoms with van der Waals surface area (Å²) < 4.78 is 5.38. The number of ether oxygens (including phenoxy) is 1. The summed E-state index contributed by atoms with van der Waals surface area (Å²) >= 11 is 0. The molecule has 0 radical (unpaired) electrons. The predicted octanol–water partition coefficient (Wildman–Crippen LogP) is 1.20. The first-order chi connectivity index (χ1) is 7.75. The van der Waals surface area contributed by atoms with Gasteiger partial charge in [-0.25, -0.2) is 0 Å². The van der Waals surface area contributed by atoms with E-state index in [9.17, 15) is 0 Å². The SMILES string of the molecule is N=C(N)CCN(CC1CCOCC1)C1CC1. The quantitative estimate of drug-likeness (QED) is 0.527. The summed E-state index contributed by atoms with van der Waals surface area (Å²) in [7, 11) is 0. The maximum Gasteiger partial charge on any atom is 0.0918 e. The molecule has 4 nitrogen and oxygen atoms in total. The molecular formula is C12H23N3O. The third-order valence-corrected chi connectivity index (χ3v) is 3.57. The number of nitrogens with two attached hydrogens (primary N) is 1. The van der Waals surface area contributed by atoms with Crippen LogP contribution in [-0.2, 0) is 4.74 Å². The first-order valence-electron chi connectivity index (χ1n) is 6.40. The molecule has 0 atom stereocenters. The number of nitrogens with zero attached hydrogens (tertiary/aromatic N) is 1. The van der Waals surface area contributed by atoms with Crippen molar-refractivity contribution in [1.82, 2.24) is 4.90 Å². The van der Waals surface area contributed by atoms with E-state index < -0.39 is 0 Å². The molecule has 0 aromatic carbocycles. The smallest absolute Gasteiger partial charge is 0.0918 e. The summed E-state index contributed by atoms with van der Waals surface area (Å²) in [5.74, 6) is 1.11. The molecule has 4 heteroatoms. The molecule has 0 spiro atoms. The van der Waals surface area contributed by atoms with Crippen molar-refractivity contribution in [3.63, 3.8) is 0 Å². The minimum atomic E-state index is 0.317. The van der Waals surface area contributed by atoms with Gasteiger partial charge in [-0.1, -0.05) is 0 Å². The number of hydrogen-bond acceptors (Lipinski definition) is 3. The van der Waals surface area contributed by atoms with Gasteiger partial charge in [0.15, 0.2) is 0 Å². The van der Waals surface area contributed by atoms with Crippen molar-refractivity contribution < 1.29 is 4.74 Å². The van der Waals surface area contributed by atoms with Crippen molar-refractivity contribution in [2.75, 3.05) is 26.3 Å². The minimum absolute atomic E-state index is 0.317. The summed E-state index contributed by atoms with van der Waals surface area (Å²) in [5.41, 5.74) is 5.43. The molecule has 2 fully saturated rings. The van der Waals surface area contributed by atoms with E-state index in [1.54, 1.807) is 0 Å². The molecule has 0 unspecified atom stereocenters. The monoisotopic (exact) mass is 225 g/mol. The average molecular weight is 225 g/mol. The molecule has 0 aromatic heterocycles. The highest BCUT2D eigenvalue weighted by Crippen LogP contribution is 2.29. The summed E-state index contributed by atoms with van der Waals surface area (Å²) in [6.07, 6.45) is 5.79. The van der Waals surface area contributed by atoms with E-state index in [0.29, 0.717) is 5.84 Å². The zero-order chi connectivity index (χ0) is 11.4. The van der Waals surface area contributed by atoms with E-state index >= 15 is 0 Å². The second-order valence-corrected chi connectivity index (χ2v) is 5.06. The largest absolute Gasteiger partial charge is 0.388 e. The molecule has 3 N–H and O–H groups in total. The summed E-state index contributed by atoms with van der Waals surface area (Å²) in [5, 5.41) is 7.30. The van der Waals surface area contributed by atoms with Gasteiger partial charge < -0.3 is 10.5 Å². The zero-order valence-corrected chi connectivity index (χ0v) is 9.95. The van der Waals surface area contributed by atoms with Crippen LogP contribution in [0.4, 0.5) is 0 Å². The van der Waals surface area contributed by atoms with E-state index in [1.807, 2.05) is 0 Å².